The monoisotopic (exact) mass is 260 g/mol. The normalized spacial score (nSPS) is 26.2. The van der Waals surface area contributed by atoms with Crippen LogP contribution in [0.5, 0.6) is 0 Å². The highest BCUT2D eigenvalue weighted by molar-refractivity contribution is 5.66. The van der Waals surface area contributed by atoms with Crippen LogP contribution in [-0.4, -0.2) is 18.5 Å². The number of hydrogen-bond acceptors (Lipinski definition) is 3. The molecule has 0 N–H and O–H groups in total. The first kappa shape index (κ1) is 12.9. The Bertz CT molecular complexity index is 435. The van der Waals surface area contributed by atoms with Crippen LogP contribution >= 0.6 is 0 Å². The molecule has 1 aliphatic carbocycles. The van der Waals surface area contributed by atoms with Crippen molar-refractivity contribution in [3.63, 3.8) is 0 Å². The van der Waals surface area contributed by atoms with Gasteiger partial charge in [-0.25, -0.2) is 9.78 Å². The summed E-state index contributed by atoms with van der Waals surface area (Å²) in [5.41, 5.74) is 2.05. The van der Waals surface area contributed by atoms with E-state index in [1.54, 1.807) is 0 Å². The molecular formula is C16H20O3. The molecule has 1 spiro atoms. The van der Waals surface area contributed by atoms with Crippen molar-refractivity contribution in [1.82, 2.24) is 0 Å². The first-order chi connectivity index (χ1) is 9.29. The SMILES string of the molecule is C=C(c1ccccc1)C1CCOC2(CCCC2)OO1. The van der Waals surface area contributed by atoms with Crippen LogP contribution in [0.25, 0.3) is 5.57 Å². The summed E-state index contributed by atoms with van der Waals surface area (Å²) >= 11 is 0. The lowest BCUT2D eigenvalue weighted by Crippen LogP contribution is -2.31. The van der Waals surface area contributed by atoms with Crippen molar-refractivity contribution >= 4 is 5.57 Å². The minimum absolute atomic E-state index is 0.123. The van der Waals surface area contributed by atoms with Gasteiger partial charge in [0, 0.05) is 19.3 Å². The molecule has 102 valence electrons. The molecule has 1 atom stereocenters. The third-order valence-corrected chi connectivity index (χ3v) is 3.96. The van der Waals surface area contributed by atoms with Crippen LogP contribution in [0, 0.1) is 0 Å². The zero-order chi connectivity index (χ0) is 13.1. The molecule has 2 fully saturated rings. The Morgan fingerprint density at radius 3 is 2.63 bits per heavy atom. The van der Waals surface area contributed by atoms with E-state index in [1.165, 1.54) is 0 Å². The fraction of sp³-hybridized carbons (Fsp3) is 0.500. The van der Waals surface area contributed by atoms with E-state index in [0.717, 1.165) is 43.2 Å². The third-order valence-electron chi connectivity index (χ3n) is 3.96. The van der Waals surface area contributed by atoms with Gasteiger partial charge in [0.25, 0.3) is 0 Å². The fourth-order valence-corrected chi connectivity index (χ4v) is 2.78. The molecule has 1 aromatic carbocycles. The van der Waals surface area contributed by atoms with E-state index in [1.807, 2.05) is 30.3 Å². The molecule has 3 heteroatoms. The molecule has 3 nitrogen and oxygen atoms in total. The second-order valence-electron chi connectivity index (χ2n) is 5.31. The standard InChI is InChI=1S/C16H20O3/c1-13(14-7-3-2-4-8-14)15-9-12-17-16(19-18-15)10-5-6-11-16/h2-4,7-8,15H,1,5-6,9-12H2. The van der Waals surface area contributed by atoms with Gasteiger partial charge in [0.05, 0.1) is 6.61 Å². The third kappa shape index (κ3) is 2.73. The van der Waals surface area contributed by atoms with Gasteiger partial charge in [-0.3, -0.25) is 0 Å². The number of hydrogen-bond donors (Lipinski definition) is 0. The number of rotatable bonds is 2. The highest BCUT2D eigenvalue weighted by atomic mass is 17.2. The van der Waals surface area contributed by atoms with Crippen molar-refractivity contribution < 1.29 is 14.5 Å². The van der Waals surface area contributed by atoms with Gasteiger partial charge >= 0.3 is 0 Å². The van der Waals surface area contributed by atoms with Crippen LogP contribution in [0.4, 0.5) is 0 Å². The van der Waals surface area contributed by atoms with E-state index in [-0.39, 0.29) is 6.10 Å². The Hall–Kier alpha value is -1.16. The summed E-state index contributed by atoms with van der Waals surface area (Å²) in [6, 6.07) is 10.1. The van der Waals surface area contributed by atoms with Crippen molar-refractivity contribution in [1.29, 1.82) is 0 Å². The Morgan fingerprint density at radius 1 is 1.16 bits per heavy atom. The lowest BCUT2D eigenvalue weighted by molar-refractivity contribution is -0.420. The average Bonchev–Trinajstić information content (AvgIpc) is 2.81. The van der Waals surface area contributed by atoms with E-state index < -0.39 is 5.79 Å². The first-order valence-corrected chi connectivity index (χ1v) is 7.02. The predicted molar refractivity (Wildman–Crippen MR) is 73.2 cm³/mol. The summed E-state index contributed by atoms with van der Waals surface area (Å²) in [5, 5.41) is 0. The Morgan fingerprint density at radius 2 is 1.89 bits per heavy atom. The van der Waals surface area contributed by atoms with Crippen LogP contribution in [0.3, 0.4) is 0 Å². The molecule has 19 heavy (non-hydrogen) atoms. The molecule has 0 radical (unpaired) electrons. The Kier molecular flexibility index (Phi) is 3.69. The average molecular weight is 260 g/mol. The lowest BCUT2D eigenvalue weighted by atomic mass is 10.0. The topological polar surface area (TPSA) is 27.7 Å². The molecule has 1 heterocycles. The van der Waals surface area contributed by atoms with E-state index >= 15 is 0 Å². The van der Waals surface area contributed by atoms with E-state index in [0.29, 0.717) is 6.61 Å². The molecular weight excluding hydrogens is 240 g/mol. The molecule has 1 aromatic rings. The van der Waals surface area contributed by atoms with Gasteiger partial charge in [-0.2, -0.15) is 0 Å². The van der Waals surface area contributed by atoms with Crippen molar-refractivity contribution in [2.75, 3.05) is 6.61 Å². The predicted octanol–water partition coefficient (Wildman–Crippen LogP) is 3.71. The molecule has 0 aromatic heterocycles. The summed E-state index contributed by atoms with van der Waals surface area (Å²) in [6.45, 7) is 4.81. The Labute approximate surface area is 114 Å². The molecule has 1 unspecified atom stereocenters. The zero-order valence-corrected chi connectivity index (χ0v) is 11.1. The van der Waals surface area contributed by atoms with Gasteiger partial charge in [0.15, 0.2) is 0 Å². The van der Waals surface area contributed by atoms with Gasteiger partial charge in [0.2, 0.25) is 5.79 Å². The lowest BCUT2D eigenvalue weighted by Gasteiger charge is -2.25. The van der Waals surface area contributed by atoms with Crippen LogP contribution < -0.4 is 0 Å². The number of benzene rings is 1. The number of ether oxygens (including phenoxy) is 1. The fourth-order valence-electron chi connectivity index (χ4n) is 2.78. The van der Waals surface area contributed by atoms with Crippen molar-refractivity contribution in [3.05, 3.63) is 42.5 Å². The van der Waals surface area contributed by atoms with Gasteiger partial charge < -0.3 is 4.74 Å². The highest BCUT2D eigenvalue weighted by Gasteiger charge is 2.40. The van der Waals surface area contributed by atoms with E-state index in [9.17, 15) is 0 Å². The molecule has 1 saturated carbocycles. The van der Waals surface area contributed by atoms with Crippen LogP contribution in [-0.2, 0) is 14.5 Å². The van der Waals surface area contributed by atoms with Crippen LogP contribution in [0.1, 0.15) is 37.7 Å². The minimum atomic E-state index is -0.494. The van der Waals surface area contributed by atoms with Crippen LogP contribution in [0.15, 0.2) is 36.9 Å². The molecule has 1 aliphatic heterocycles. The van der Waals surface area contributed by atoms with Crippen LogP contribution in [0.2, 0.25) is 0 Å². The highest BCUT2D eigenvalue weighted by Crippen LogP contribution is 2.38. The maximum Gasteiger partial charge on any atom is 0.201 e. The smallest absolute Gasteiger partial charge is 0.201 e. The molecule has 2 aliphatic rings. The summed E-state index contributed by atoms with van der Waals surface area (Å²) in [7, 11) is 0. The molecule has 0 bridgehead atoms. The van der Waals surface area contributed by atoms with E-state index in [4.69, 9.17) is 14.5 Å². The largest absolute Gasteiger partial charge is 0.347 e. The van der Waals surface area contributed by atoms with Gasteiger partial charge in [-0.05, 0) is 24.0 Å². The molecule has 1 saturated heterocycles. The van der Waals surface area contributed by atoms with Gasteiger partial charge in [-0.15, -0.1) is 0 Å². The summed E-state index contributed by atoms with van der Waals surface area (Å²) < 4.78 is 5.88. The first-order valence-electron chi connectivity index (χ1n) is 7.02. The minimum Gasteiger partial charge on any atom is -0.347 e. The molecule has 3 rings (SSSR count). The second-order valence-corrected chi connectivity index (χ2v) is 5.31. The van der Waals surface area contributed by atoms with Gasteiger partial charge in [-0.1, -0.05) is 36.9 Å². The molecule has 0 amide bonds. The van der Waals surface area contributed by atoms with Crippen molar-refractivity contribution in [2.24, 2.45) is 0 Å². The van der Waals surface area contributed by atoms with E-state index in [2.05, 4.69) is 6.58 Å². The maximum absolute atomic E-state index is 5.88. The van der Waals surface area contributed by atoms with Crippen molar-refractivity contribution in [3.8, 4) is 0 Å². The maximum atomic E-state index is 5.88. The summed E-state index contributed by atoms with van der Waals surface area (Å²) in [6.07, 6.45) is 4.81. The van der Waals surface area contributed by atoms with Crippen molar-refractivity contribution in [2.45, 2.75) is 44.0 Å². The second kappa shape index (κ2) is 5.45. The van der Waals surface area contributed by atoms with Gasteiger partial charge in [0.1, 0.15) is 6.10 Å². The summed E-state index contributed by atoms with van der Waals surface area (Å²) in [4.78, 5) is 11.3. The Balaban J connectivity index is 1.68. The zero-order valence-electron chi connectivity index (χ0n) is 11.1. The summed E-state index contributed by atoms with van der Waals surface area (Å²) in [5.74, 6) is -0.494. The quantitative estimate of drug-likeness (QED) is 0.759.